The van der Waals surface area contributed by atoms with Crippen LogP contribution in [0, 0.1) is 15.9 Å². The predicted octanol–water partition coefficient (Wildman–Crippen LogP) is 4.71. The third kappa shape index (κ3) is 5.15. The molecule has 0 radical (unpaired) electrons. The van der Waals surface area contributed by atoms with E-state index in [9.17, 15) is 19.3 Å². The second kappa shape index (κ2) is 8.95. The normalized spacial score (nSPS) is 10.5. The van der Waals surface area contributed by atoms with Gasteiger partial charge in [0.2, 0.25) is 11.0 Å². The Balaban J connectivity index is 1.59. The molecular weight excluding hydrogens is 429 g/mol. The Morgan fingerprint density at radius 2 is 2.04 bits per heavy atom. The topological polar surface area (TPSA) is 110 Å². The highest BCUT2D eigenvalue weighted by atomic mass is 35.5. The highest BCUT2D eigenvalue weighted by Gasteiger charge is 2.17. The average molecular weight is 440 g/mol. The van der Waals surface area contributed by atoms with E-state index in [2.05, 4.69) is 20.8 Å². The minimum absolute atomic E-state index is 0.0160. The number of carbonyl (C=O) groups excluding carboxylic acids is 1. The standard InChI is InChI=1S/C16H11ClFN5O3S2/c17-9-5-6-13(23(25)26)12(7-9)19-14(24)8-27-16-22-21-15(28-16)20-11-4-2-1-3-10(11)18/h1-7H,8H2,(H,19,24)(H,20,21). The maximum Gasteiger partial charge on any atom is 0.292 e. The molecule has 0 saturated carbocycles. The van der Waals surface area contributed by atoms with Crippen LogP contribution in [-0.4, -0.2) is 26.8 Å². The van der Waals surface area contributed by atoms with E-state index in [1.807, 2.05) is 0 Å². The van der Waals surface area contributed by atoms with Crippen molar-refractivity contribution in [3.8, 4) is 0 Å². The van der Waals surface area contributed by atoms with E-state index in [-0.39, 0.29) is 27.8 Å². The first-order valence-electron chi connectivity index (χ1n) is 7.64. The van der Waals surface area contributed by atoms with Crippen molar-refractivity contribution >= 4 is 62.8 Å². The van der Waals surface area contributed by atoms with Crippen molar-refractivity contribution in [1.29, 1.82) is 0 Å². The molecule has 1 heterocycles. The molecule has 28 heavy (non-hydrogen) atoms. The number of aromatic nitrogens is 2. The van der Waals surface area contributed by atoms with Crippen LogP contribution in [0.3, 0.4) is 0 Å². The molecular formula is C16H11ClFN5O3S2. The van der Waals surface area contributed by atoms with Gasteiger partial charge in [0.25, 0.3) is 5.69 Å². The van der Waals surface area contributed by atoms with Crippen LogP contribution in [0.4, 0.5) is 26.6 Å². The molecule has 0 atom stereocenters. The summed E-state index contributed by atoms with van der Waals surface area (Å²) in [7, 11) is 0. The van der Waals surface area contributed by atoms with Gasteiger partial charge in [-0.05, 0) is 24.3 Å². The van der Waals surface area contributed by atoms with Gasteiger partial charge >= 0.3 is 0 Å². The van der Waals surface area contributed by atoms with E-state index >= 15 is 0 Å². The Hall–Kier alpha value is -2.76. The van der Waals surface area contributed by atoms with Gasteiger partial charge in [0.15, 0.2) is 4.34 Å². The Morgan fingerprint density at radius 3 is 2.79 bits per heavy atom. The summed E-state index contributed by atoms with van der Waals surface area (Å²) in [5.74, 6) is -0.929. The smallest absolute Gasteiger partial charge is 0.292 e. The summed E-state index contributed by atoms with van der Waals surface area (Å²) < 4.78 is 14.1. The molecule has 0 bridgehead atoms. The Morgan fingerprint density at radius 1 is 1.25 bits per heavy atom. The number of nitrogens with one attached hydrogen (secondary N) is 2. The molecule has 3 aromatic rings. The number of anilines is 3. The van der Waals surface area contributed by atoms with Crippen LogP contribution in [0.1, 0.15) is 0 Å². The van der Waals surface area contributed by atoms with E-state index in [0.29, 0.717) is 9.47 Å². The molecule has 0 fully saturated rings. The summed E-state index contributed by atoms with van der Waals surface area (Å²) in [5, 5.41) is 24.8. The molecule has 1 amide bonds. The zero-order valence-electron chi connectivity index (χ0n) is 13.9. The molecule has 2 N–H and O–H groups in total. The van der Waals surface area contributed by atoms with E-state index in [1.54, 1.807) is 18.2 Å². The number of hydrogen-bond acceptors (Lipinski definition) is 8. The van der Waals surface area contributed by atoms with Gasteiger partial charge < -0.3 is 10.6 Å². The SMILES string of the molecule is O=C(CSc1nnc(Nc2ccccc2F)s1)Nc1cc(Cl)ccc1[N+](=O)[O-]. The molecule has 0 aliphatic rings. The Bertz CT molecular complexity index is 1030. The lowest BCUT2D eigenvalue weighted by atomic mass is 10.2. The molecule has 0 unspecified atom stereocenters. The fourth-order valence-electron chi connectivity index (χ4n) is 2.08. The van der Waals surface area contributed by atoms with Crippen LogP contribution in [-0.2, 0) is 4.79 Å². The number of rotatable bonds is 7. The predicted molar refractivity (Wildman–Crippen MR) is 107 cm³/mol. The van der Waals surface area contributed by atoms with Gasteiger partial charge in [-0.2, -0.15) is 0 Å². The van der Waals surface area contributed by atoms with E-state index < -0.39 is 16.6 Å². The minimum atomic E-state index is -0.607. The van der Waals surface area contributed by atoms with Crippen molar-refractivity contribution < 1.29 is 14.1 Å². The van der Waals surface area contributed by atoms with Crippen molar-refractivity contribution in [1.82, 2.24) is 10.2 Å². The second-order valence-electron chi connectivity index (χ2n) is 5.23. The third-order valence-electron chi connectivity index (χ3n) is 3.28. The highest BCUT2D eigenvalue weighted by molar-refractivity contribution is 8.01. The number of nitro groups is 1. The molecule has 0 aliphatic heterocycles. The van der Waals surface area contributed by atoms with Gasteiger partial charge in [-0.25, -0.2) is 4.39 Å². The van der Waals surface area contributed by atoms with Crippen molar-refractivity contribution in [2.75, 3.05) is 16.4 Å². The number of hydrogen-bond donors (Lipinski definition) is 2. The van der Waals surface area contributed by atoms with E-state index in [4.69, 9.17) is 11.6 Å². The zero-order chi connectivity index (χ0) is 20.1. The molecule has 0 aliphatic carbocycles. The lowest BCUT2D eigenvalue weighted by molar-refractivity contribution is -0.383. The molecule has 8 nitrogen and oxygen atoms in total. The second-order valence-corrected chi connectivity index (χ2v) is 7.87. The molecule has 1 aromatic heterocycles. The average Bonchev–Trinajstić information content (AvgIpc) is 3.09. The van der Waals surface area contributed by atoms with Gasteiger partial charge in [-0.15, -0.1) is 10.2 Å². The van der Waals surface area contributed by atoms with Crippen LogP contribution >= 0.6 is 34.7 Å². The maximum atomic E-state index is 13.6. The first kappa shape index (κ1) is 20.0. The van der Waals surface area contributed by atoms with Crippen molar-refractivity contribution in [2.45, 2.75) is 4.34 Å². The van der Waals surface area contributed by atoms with Crippen LogP contribution in [0.15, 0.2) is 46.8 Å². The van der Waals surface area contributed by atoms with Gasteiger partial charge in [0.1, 0.15) is 11.5 Å². The summed E-state index contributed by atoms with van der Waals surface area (Å²) in [6.07, 6.45) is 0. The maximum absolute atomic E-state index is 13.6. The minimum Gasteiger partial charge on any atom is -0.328 e. The van der Waals surface area contributed by atoms with Crippen LogP contribution < -0.4 is 10.6 Å². The lowest BCUT2D eigenvalue weighted by Gasteiger charge is -2.05. The number of halogens is 2. The highest BCUT2D eigenvalue weighted by Crippen LogP contribution is 2.30. The largest absolute Gasteiger partial charge is 0.328 e. The number of nitro benzene ring substituents is 1. The first-order valence-corrected chi connectivity index (χ1v) is 9.82. The third-order valence-corrected chi connectivity index (χ3v) is 5.49. The van der Waals surface area contributed by atoms with Crippen molar-refractivity contribution in [2.24, 2.45) is 0 Å². The van der Waals surface area contributed by atoms with Crippen LogP contribution in [0.2, 0.25) is 5.02 Å². The van der Waals surface area contributed by atoms with Gasteiger partial charge in [-0.3, -0.25) is 14.9 Å². The summed E-state index contributed by atoms with van der Waals surface area (Å²) in [4.78, 5) is 22.5. The van der Waals surface area contributed by atoms with E-state index in [0.717, 1.165) is 23.1 Å². The number of benzene rings is 2. The lowest BCUT2D eigenvalue weighted by Crippen LogP contribution is -2.15. The fraction of sp³-hybridized carbons (Fsp3) is 0.0625. The zero-order valence-corrected chi connectivity index (χ0v) is 16.3. The number of amides is 1. The van der Waals surface area contributed by atoms with Gasteiger partial charge in [0.05, 0.1) is 16.4 Å². The molecule has 3 rings (SSSR count). The number of para-hydroxylation sites is 1. The molecule has 144 valence electrons. The molecule has 12 heteroatoms. The Kier molecular flexibility index (Phi) is 6.39. The first-order chi connectivity index (χ1) is 13.4. The van der Waals surface area contributed by atoms with Crippen molar-refractivity contribution in [3.05, 3.63) is 63.4 Å². The Labute approximate surface area is 171 Å². The summed E-state index contributed by atoms with van der Waals surface area (Å²) in [6, 6.07) is 10.0. The van der Waals surface area contributed by atoms with Gasteiger partial charge in [-0.1, -0.05) is 46.8 Å². The number of thioether (sulfide) groups is 1. The monoisotopic (exact) mass is 439 g/mol. The van der Waals surface area contributed by atoms with Crippen LogP contribution in [0.25, 0.3) is 0 Å². The van der Waals surface area contributed by atoms with Gasteiger partial charge in [0, 0.05) is 11.1 Å². The molecule has 0 saturated heterocycles. The van der Waals surface area contributed by atoms with E-state index in [1.165, 1.54) is 24.3 Å². The number of nitrogens with zero attached hydrogens (tertiary/aromatic N) is 3. The summed E-state index contributed by atoms with van der Waals surface area (Å²) in [6.45, 7) is 0. The fourth-order valence-corrected chi connectivity index (χ4v) is 3.81. The summed E-state index contributed by atoms with van der Waals surface area (Å²) >= 11 is 8.08. The number of carbonyl (C=O) groups is 1. The van der Waals surface area contributed by atoms with Crippen LogP contribution in [0.5, 0.6) is 0 Å². The molecule has 0 spiro atoms. The van der Waals surface area contributed by atoms with Crippen molar-refractivity contribution in [3.63, 3.8) is 0 Å². The summed E-state index contributed by atoms with van der Waals surface area (Å²) in [5.41, 5.74) is 0.0264. The quantitative estimate of drug-likeness (QED) is 0.311. The molecule has 2 aromatic carbocycles.